The van der Waals surface area contributed by atoms with Crippen LogP contribution in [0.1, 0.15) is 12.0 Å². The summed E-state index contributed by atoms with van der Waals surface area (Å²) in [6.07, 6.45) is 5.22. The minimum absolute atomic E-state index is 0.194. The molecule has 0 unspecified atom stereocenters. The molecule has 0 saturated carbocycles. The average Bonchev–Trinajstić information content (AvgIpc) is 3.59. The second kappa shape index (κ2) is 8.50. The van der Waals surface area contributed by atoms with E-state index in [9.17, 15) is 0 Å². The lowest BCUT2D eigenvalue weighted by molar-refractivity contribution is 0.289. The average molecular weight is 441 g/mol. The molecular weight excluding hydrogens is 412 g/mol. The van der Waals surface area contributed by atoms with Gasteiger partial charge in [-0.2, -0.15) is 0 Å². The van der Waals surface area contributed by atoms with Crippen molar-refractivity contribution in [1.29, 1.82) is 0 Å². The summed E-state index contributed by atoms with van der Waals surface area (Å²) in [7, 11) is 0. The van der Waals surface area contributed by atoms with Gasteiger partial charge >= 0.3 is 0 Å². The van der Waals surface area contributed by atoms with Gasteiger partial charge in [-0.25, -0.2) is 0 Å². The van der Waals surface area contributed by atoms with E-state index < -0.39 is 0 Å². The second-order valence-corrected chi connectivity index (χ2v) is 8.97. The first kappa shape index (κ1) is 20.2. The van der Waals surface area contributed by atoms with Crippen LogP contribution >= 0.6 is 0 Å². The van der Waals surface area contributed by atoms with E-state index in [-0.39, 0.29) is 6.61 Å². The largest absolute Gasteiger partial charge is 0.395 e. The lowest BCUT2D eigenvalue weighted by atomic mass is 10.1. The molecule has 0 radical (unpaired) electrons. The zero-order valence-electron chi connectivity index (χ0n) is 18.6. The van der Waals surface area contributed by atoms with Crippen molar-refractivity contribution in [3.63, 3.8) is 0 Å². The quantitative estimate of drug-likeness (QED) is 0.397. The summed E-state index contributed by atoms with van der Waals surface area (Å²) in [5.41, 5.74) is 7.16. The van der Waals surface area contributed by atoms with E-state index in [1.165, 1.54) is 28.8 Å². The topological polar surface area (TPSA) is 71.1 Å². The molecule has 33 heavy (non-hydrogen) atoms. The van der Waals surface area contributed by atoms with Crippen molar-refractivity contribution in [3.05, 3.63) is 72.7 Å². The monoisotopic (exact) mass is 440 g/mol. The molecule has 7 heteroatoms. The summed E-state index contributed by atoms with van der Waals surface area (Å²) in [4.78, 5) is 2.48. The first-order valence-electron chi connectivity index (χ1n) is 11.7. The lowest BCUT2D eigenvalue weighted by Crippen LogP contribution is -2.28. The van der Waals surface area contributed by atoms with Crippen LogP contribution in [0.2, 0.25) is 0 Å². The molecule has 4 aromatic rings. The van der Waals surface area contributed by atoms with Crippen molar-refractivity contribution in [2.75, 3.05) is 37.7 Å². The summed E-state index contributed by atoms with van der Waals surface area (Å²) in [5, 5.41) is 21.1. The molecule has 2 aliphatic rings. The smallest absolute Gasteiger partial charge is 0.185 e. The fraction of sp³-hybridized carbons (Fsp3) is 0.308. The van der Waals surface area contributed by atoms with Gasteiger partial charge in [0.2, 0.25) is 0 Å². The van der Waals surface area contributed by atoms with E-state index in [2.05, 4.69) is 84.3 Å². The van der Waals surface area contributed by atoms with Gasteiger partial charge in [-0.1, -0.05) is 30.3 Å². The van der Waals surface area contributed by atoms with Crippen molar-refractivity contribution < 1.29 is 5.11 Å². The first-order chi connectivity index (χ1) is 16.3. The fourth-order valence-electron chi connectivity index (χ4n) is 5.14. The highest BCUT2D eigenvalue weighted by Gasteiger charge is 2.25. The molecular formula is C26H28N6O. The van der Waals surface area contributed by atoms with Crippen LogP contribution in [0.5, 0.6) is 0 Å². The number of benzene rings is 2. The van der Waals surface area contributed by atoms with Crippen LogP contribution in [-0.4, -0.2) is 57.2 Å². The van der Waals surface area contributed by atoms with E-state index in [1.807, 2.05) is 12.4 Å². The van der Waals surface area contributed by atoms with E-state index in [0.717, 1.165) is 43.4 Å². The van der Waals surface area contributed by atoms with Gasteiger partial charge < -0.3 is 19.9 Å². The number of fused-ring (bicyclic) bond motifs is 5. The SMILES string of the molecule is OCCNC[C@H]1CCN(c2ccc3c(c2)Cn2cc(-c4ccccc4)cc2-c2nncn2-3)C1. The summed E-state index contributed by atoms with van der Waals surface area (Å²) < 4.78 is 4.41. The summed E-state index contributed by atoms with van der Waals surface area (Å²) >= 11 is 0. The van der Waals surface area contributed by atoms with Crippen molar-refractivity contribution >= 4 is 5.69 Å². The zero-order valence-corrected chi connectivity index (χ0v) is 18.6. The molecule has 1 saturated heterocycles. The van der Waals surface area contributed by atoms with Crippen molar-refractivity contribution in [2.45, 2.75) is 13.0 Å². The Kier molecular flexibility index (Phi) is 5.20. The highest BCUT2D eigenvalue weighted by molar-refractivity contribution is 5.72. The van der Waals surface area contributed by atoms with E-state index in [0.29, 0.717) is 12.5 Å². The number of anilines is 1. The van der Waals surface area contributed by atoms with Gasteiger partial charge in [0, 0.05) is 43.6 Å². The number of aromatic nitrogens is 4. The number of nitrogens with zero attached hydrogens (tertiary/aromatic N) is 5. The third-order valence-corrected chi connectivity index (χ3v) is 6.82. The molecule has 2 aromatic heterocycles. The third-order valence-electron chi connectivity index (χ3n) is 6.82. The molecule has 1 atom stereocenters. The molecule has 7 nitrogen and oxygen atoms in total. The van der Waals surface area contributed by atoms with Gasteiger partial charge in [-0.15, -0.1) is 10.2 Å². The predicted octanol–water partition coefficient (Wildman–Crippen LogP) is 3.17. The Morgan fingerprint density at radius 2 is 1.97 bits per heavy atom. The van der Waals surface area contributed by atoms with Gasteiger partial charge in [-0.05, 0) is 54.3 Å². The highest BCUT2D eigenvalue weighted by Crippen LogP contribution is 2.35. The van der Waals surface area contributed by atoms with Gasteiger partial charge in [0.15, 0.2) is 5.82 Å². The fourth-order valence-corrected chi connectivity index (χ4v) is 5.14. The zero-order chi connectivity index (χ0) is 22.2. The van der Waals surface area contributed by atoms with Crippen molar-refractivity contribution in [2.24, 2.45) is 5.92 Å². The maximum atomic E-state index is 9.01. The first-order valence-corrected chi connectivity index (χ1v) is 11.7. The Labute approximate surface area is 193 Å². The van der Waals surface area contributed by atoms with Crippen LogP contribution in [-0.2, 0) is 6.54 Å². The number of aliphatic hydroxyl groups is 1. The molecule has 2 N–H and O–H groups in total. The van der Waals surface area contributed by atoms with Crippen molar-refractivity contribution in [1.82, 2.24) is 24.6 Å². The van der Waals surface area contributed by atoms with E-state index >= 15 is 0 Å². The number of aliphatic hydroxyl groups excluding tert-OH is 1. The maximum absolute atomic E-state index is 9.01. The number of hydrogen-bond acceptors (Lipinski definition) is 5. The highest BCUT2D eigenvalue weighted by atomic mass is 16.3. The Hall–Kier alpha value is -3.42. The molecule has 0 aliphatic carbocycles. The van der Waals surface area contributed by atoms with Gasteiger partial charge in [0.05, 0.1) is 18.0 Å². The number of hydrogen-bond donors (Lipinski definition) is 2. The Bertz CT molecular complexity index is 1260. The van der Waals surface area contributed by atoms with Crippen LogP contribution in [0, 0.1) is 5.92 Å². The van der Waals surface area contributed by atoms with Gasteiger partial charge in [0.25, 0.3) is 0 Å². The lowest BCUT2D eigenvalue weighted by Gasteiger charge is -2.21. The summed E-state index contributed by atoms with van der Waals surface area (Å²) in [6.45, 7) is 4.72. The minimum atomic E-state index is 0.194. The van der Waals surface area contributed by atoms with Gasteiger partial charge in [0.1, 0.15) is 6.33 Å². The Morgan fingerprint density at radius 1 is 1.06 bits per heavy atom. The molecule has 4 heterocycles. The van der Waals surface area contributed by atoms with Crippen LogP contribution < -0.4 is 10.2 Å². The molecule has 2 aromatic carbocycles. The Balaban J connectivity index is 1.32. The van der Waals surface area contributed by atoms with Crippen LogP contribution in [0.15, 0.2) is 67.1 Å². The van der Waals surface area contributed by atoms with E-state index in [1.54, 1.807) is 0 Å². The molecule has 0 spiro atoms. The van der Waals surface area contributed by atoms with Crippen LogP contribution in [0.3, 0.4) is 0 Å². The van der Waals surface area contributed by atoms with Crippen molar-refractivity contribution in [3.8, 4) is 28.3 Å². The van der Waals surface area contributed by atoms with Crippen LogP contribution in [0.4, 0.5) is 5.69 Å². The van der Waals surface area contributed by atoms with Crippen LogP contribution in [0.25, 0.3) is 28.3 Å². The number of nitrogens with one attached hydrogen (secondary N) is 1. The predicted molar refractivity (Wildman–Crippen MR) is 130 cm³/mol. The summed E-state index contributed by atoms with van der Waals surface area (Å²) in [6, 6.07) is 19.5. The molecule has 0 bridgehead atoms. The molecule has 0 amide bonds. The molecule has 2 aliphatic heterocycles. The normalized spacial score (nSPS) is 16.9. The second-order valence-electron chi connectivity index (χ2n) is 8.97. The molecule has 168 valence electrons. The molecule has 1 fully saturated rings. The third kappa shape index (κ3) is 3.73. The van der Waals surface area contributed by atoms with Gasteiger partial charge in [-0.3, -0.25) is 4.57 Å². The number of rotatable bonds is 6. The Morgan fingerprint density at radius 3 is 2.85 bits per heavy atom. The van der Waals surface area contributed by atoms with E-state index in [4.69, 9.17) is 5.11 Å². The minimum Gasteiger partial charge on any atom is -0.395 e. The summed E-state index contributed by atoms with van der Waals surface area (Å²) in [5.74, 6) is 1.49. The standard InChI is InChI=1S/C26H28N6O/c33-11-9-27-14-19-8-10-30(15-19)23-6-7-24-22(12-23)17-31-16-21(20-4-2-1-3-5-20)13-25(31)26-29-28-18-32(24)26/h1-7,12-13,16,18-19,27,33H,8-11,14-15,17H2/t19-/m1/s1. The molecule has 6 rings (SSSR count). The maximum Gasteiger partial charge on any atom is 0.185 e.